The van der Waals surface area contributed by atoms with E-state index in [4.69, 9.17) is 4.84 Å². The number of benzene rings is 3. The van der Waals surface area contributed by atoms with Crippen molar-refractivity contribution in [2.24, 2.45) is 5.16 Å². The average Bonchev–Trinajstić information content (AvgIpc) is 3.41. The molecule has 3 aromatic carbocycles. The smallest absolute Gasteiger partial charge is 0.264 e. The third-order valence-electron chi connectivity index (χ3n) is 5.36. The molecule has 5 heteroatoms. The minimum Gasteiger partial charge on any atom is -0.386 e. The summed E-state index contributed by atoms with van der Waals surface area (Å²) in [7, 11) is 0. The first-order valence-corrected chi connectivity index (χ1v) is 11.8. The van der Waals surface area contributed by atoms with Crippen LogP contribution in [0.15, 0.2) is 113 Å². The summed E-state index contributed by atoms with van der Waals surface area (Å²) >= 11 is 1.64. The maximum absolute atomic E-state index is 13.4. The fourth-order valence-corrected chi connectivity index (χ4v) is 4.38. The zero-order valence-electron chi connectivity index (χ0n) is 18.3. The molecule has 0 saturated carbocycles. The number of hydrogen-bond donors (Lipinski definition) is 0. The lowest BCUT2D eigenvalue weighted by atomic mass is 9.98. The largest absolute Gasteiger partial charge is 0.386 e. The molecule has 1 atom stereocenters. The van der Waals surface area contributed by atoms with E-state index in [0.29, 0.717) is 6.54 Å². The highest BCUT2D eigenvalue weighted by Gasteiger charge is 2.26. The maximum atomic E-state index is 13.4. The minimum absolute atomic E-state index is 0.101. The summed E-state index contributed by atoms with van der Waals surface area (Å²) in [5.74, 6) is -0.101. The Labute approximate surface area is 198 Å². The summed E-state index contributed by atoms with van der Waals surface area (Å²) in [6.45, 7) is 0.379. The van der Waals surface area contributed by atoms with E-state index in [9.17, 15) is 4.79 Å². The zero-order chi connectivity index (χ0) is 22.7. The number of amides is 1. The van der Waals surface area contributed by atoms with Gasteiger partial charge in [0.25, 0.3) is 5.91 Å². The molecule has 0 spiro atoms. The van der Waals surface area contributed by atoms with E-state index in [-0.39, 0.29) is 18.6 Å². The van der Waals surface area contributed by atoms with Gasteiger partial charge in [0.15, 0.2) is 6.61 Å². The molecule has 1 aromatic heterocycles. The monoisotopic (exact) mass is 454 g/mol. The highest BCUT2D eigenvalue weighted by Crippen LogP contribution is 2.29. The Morgan fingerprint density at radius 3 is 2.15 bits per heavy atom. The number of carbonyl (C=O) groups is 1. The van der Waals surface area contributed by atoms with Crippen LogP contribution in [0.4, 0.5) is 0 Å². The third kappa shape index (κ3) is 6.64. The van der Waals surface area contributed by atoms with Crippen molar-refractivity contribution in [3.8, 4) is 0 Å². The van der Waals surface area contributed by atoms with Crippen molar-refractivity contribution in [3.63, 3.8) is 0 Å². The maximum Gasteiger partial charge on any atom is 0.264 e. The molecule has 4 rings (SSSR count). The number of hydrogen-bond acceptors (Lipinski definition) is 4. The van der Waals surface area contributed by atoms with Gasteiger partial charge in [0.2, 0.25) is 0 Å². The Hall–Kier alpha value is -3.70. The quantitative estimate of drug-likeness (QED) is 0.214. The minimum atomic E-state index is -0.119. The van der Waals surface area contributed by atoms with Crippen molar-refractivity contribution in [2.75, 3.05) is 6.61 Å². The predicted octanol–water partition coefficient (Wildman–Crippen LogP) is 6.11. The van der Waals surface area contributed by atoms with Crippen LogP contribution in [-0.2, 0) is 22.6 Å². The molecule has 1 heterocycles. The van der Waals surface area contributed by atoms with Crippen molar-refractivity contribution >= 4 is 23.5 Å². The predicted molar refractivity (Wildman–Crippen MR) is 134 cm³/mol. The zero-order valence-corrected chi connectivity index (χ0v) is 19.1. The summed E-state index contributed by atoms with van der Waals surface area (Å²) in [5.41, 5.74) is 4.31. The highest BCUT2D eigenvalue weighted by molar-refractivity contribution is 7.08. The molecule has 1 unspecified atom stereocenters. The number of oxime groups is 1. The molecule has 0 saturated heterocycles. The summed E-state index contributed by atoms with van der Waals surface area (Å²) in [4.78, 5) is 20.7. The molecule has 4 aromatic rings. The average molecular weight is 455 g/mol. The number of rotatable bonds is 10. The second-order valence-electron chi connectivity index (χ2n) is 7.69. The molecule has 0 fully saturated rings. The van der Waals surface area contributed by atoms with E-state index in [1.54, 1.807) is 17.6 Å². The van der Waals surface area contributed by atoms with Crippen LogP contribution < -0.4 is 0 Å². The van der Waals surface area contributed by atoms with Crippen LogP contribution in [0, 0.1) is 0 Å². The Morgan fingerprint density at radius 1 is 0.879 bits per heavy atom. The Kier molecular flexibility index (Phi) is 8.03. The molecule has 0 aliphatic heterocycles. The standard InChI is InChI=1S/C28H26N2O2S/c31-28(21-32-29-19-24-12-6-2-7-13-24)30(20-25-14-8-3-9-15-25)27(26-16-17-33-22-26)18-23-10-4-1-5-11-23/h1-17,19,22,27H,18,20-21H2. The summed E-state index contributed by atoms with van der Waals surface area (Å²) in [6.07, 6.45) is 2.35. The van der Waals surface area contributed by atoms with E-state index < -0.39 is 0 Å². The second-order valence-corrected chi connectivity index (χ2v) is 8.47. The number of thiophene rings is 1. The number of carbonyl (C=O) groups excluding carboxylic acids is 1. The van der Waals surface area contributed by atoms with Gasteiger partial charge in [-0.15, -0.1) is 0 Å². The second kappa shape index (κ2) is 11.8. The van der Waals surface area contributed by atoms with Crippen molar-refractivity contribution in [1.29, 1.82) is 0 Å². The number of nitrogens with zero attached hydrogens (tertiary/aromatic N) is 2. The van der Waals surface area contributed by atoms with Crippen LogP contribution in [-0.4, -0.2) is 23.6 Å². The molecule has 0 N–H and O–H groups in total. The summed E-state index contributed by atoms with van der Waals surface area (Å²) in [6, 6.07) is 32.0. The van der Waals surface area contributed by atoms with E-state index in [0.717, 1.165) is 23.1 Å². The van der Waals surface area contributed by atoms with E-state index in [2.05, 4.69) is 34.1 Å². The van der Waals surface area contributed by atoms with Crippen molar-refractivity contribution < 1.29 is 9.63 Å². The molecule has 0 bridgehead atoms. The normalized spacial score (nSPS) is 11.9. The fraction of sp³-hybridized carbons (Fsp3) is 0.143. The van der Waals surface area contributed by atoms with Crippen LogP contribution >= 0.6 is 11.3 Å². The van der Waals surface area contributed by atoms with Crippen LogP contribution in [0.1, 0.15) is 28.3 Å². The van der Waals surface area contributed by atoms with E-state index in [1.165, 1.54) is 5.56 Å². The molecule has 4 nitrogen and oxygen atoms in total. The van der Waals surface area contributed by atoms with Gasteiger partial charge in [0, 0.05) is 6.54 Å². The molecule has 33 heavy (non-hydrogen) atoms. The lowest BCUT2D eigenvalue weighted by molar-refractivity contribution is -0.139. The van der Waals surface area contributed by atoms with Gasteiger partial charge in [-0.3, -0.25) is 4.79 Å². The molecule has 1 amide bonds. The van der Waals surface area contributed by atoms with Gasteiger partial charge in [-0.05, 0) is 45.5 Å². The molecule has 0 aliphatic rings. The molecular weight excluding hydrogens is 428 g/mol. The Bertz CT molecular complexity index is 1130. The first-order chi connectivity index (χ1) is 16.3. The van der Waals surface area contributed by atoms with Gasteiger partial charge >= 0.3 is 0 Å². The highest BCUT2D eigenvalue weighted by atomic mass is 32.1. The Morgan fingerprint density at radius 2 is 1.52 bits per heavy atom. The Balaban J connectivity index is 1.55. The van der Waals surface area contributed by atoms with Gasteiger partial charge in [-0.1, -0.05) is 96.2 Å². The van der Waals surface area contributed by atoms with Crippen LogP contribution in [0.25, 0.3) is 0 Å². The van der Waals surface area contributed by atoms with Crippen LogP contribution in [0.2, 0.25) is 0 Å². The summed E-state index contributed by atoms with van der Waals surface area (Å²) < 4.78 is 0. The third-order valence-corrected chi connectivity index (χ3v) is 6.06. The first kappa shape index (κ1) is 22.5. The SMILES string of the molecule is O=C(CON=Cc1ccccc1)N(Cc1ccccc1)C(Cc1ccccc1)c1ccsc1. The lowest BCUT2D eigenvalue weighted by Crippen LogP contribution is -2.37. The lowest BCUT2D eigenvalue weighted by Gasteiger charge is -2.32. The van der Waals surface area contributed by atoms with E-state index in [1.807, 2.05) is 83.8 Å². The summed E-state index contributed by atoms with van der Waals surface area (Å²) in [5, 5.41) is 8.18. The van der Waals surface area contributed by atoms with Gasteiger partial charge in [-0.2, -0.15) is 11.3 Å². The van der Waals surface area contributed by atoms with Gasteiger partial charge in [0.1, 0.15) is 0 Å². The molecule has 0 aliphatic carbocycles. The molecule has 166 valence electrons. The fourth-order valence-electron chi connectivity index (χ4n) is 3.67. The van der Waals surface area contributed by atoms with Crippen LogP contribution in [0.5, 0.6) is 0 Å². The van der Waals surface area contributed by atoms with Crippen molar-refractivity contribution in [1.82, 2.24) is 4.90 Å². The van der Waals surface area contributed by atoms with Crippen LogP contribution in [0.3, 0.4) is 0 Å². The molecule has 0 radical (unpaired) electrons. The van der Waals surface area contributed by atoms with Gasteiger partial charge in [0.05, 0.1) is 12.3 Å². The molecular formula is C28H26N2O2S. The first-order valence-electron chi connectivity index (χ1n) is 10.9. The van der Waals surface area contributed by atoms with Crippen molar-refractivity contribution in [2.45, 2.75) is 19.0 Å². The van der Waals surface area contributed by atoms with Gasteiger partial charge < -0.3 is 9.74 Å². The van der Waals surface area contributed by atoms with Gasteiger partial charge in [-0.25, -0.2) is 0 Å². The van der Waals surface area contributed by atoms with E-state index >= 15 is 0 Å². The topological polar surface area (TPSA) is 41.9 Å². The van der Waals surface area contributed by atoms with Crippen molar-refractivity contribution in [3.05, 3.63) is 130 Å².